The fourth-order valence-corrected chi connectivity index (χ4v) is 2.11. The molecule has 0 fully saturated rings. The van der Waals surface area contributed by atoms with E-state index in [0.717, 1.165) is 18.6 Å². The summed E-state index contributed by atoms with van der Waals surface area (Å²) in [4.78, 5) is 12.2. The van der Waals surface area contributed by atoms with Gasteiger partial charge in [0.25, 0.3) is 5.91 Å². The van der Waals surface area contributed by atoms with Crippen LogP contribution in [0.25, 0.3) is 0 Å². The largest absolute Gasteiger partial charge is 0.496 e. The number of carbonyl (C=O) groups is 1. The number of rotatable bonds is 8. The first-order chi connectivity index (χ1) is 11.2. The third kappa shape index (κ3) is 5.00. The summed E-state index contributed by atoms with van der Waals surface area (Å²) in [6.45, 7) is 1.23. The highest BCUT2D eigenvalue weighted by Gasteiger charge is 2.13. The van der Waals surface area contributed by atoms with Crippen LogP contribution < -0.4 is 20.5 Å². The number of methoxy groups -OCH3 is 1. The average Bonchev–Trinajstić information content (AvgIpc) is 2.59. The van der Waals surface area contributed by atoms with E-state index in [2.05, 4.69) is 5.32 Å². The van der Waals surface area contributed by atoms with Crippen LogP contribution in [0.15, 0.2) is 48.5 Å². The van der Waals surface area contributed by atoms with Gasteiger partial charge >= 0.3 is 0 Å². The van der Waals surface area contributed by atoms with Gasteiger partial charge in [-0.3, -0.25) is 4.79 Å². The summed E-state index contributed by atoms with van der Waals surface area (Å²) in [6, 6.07) is 14.6. The zero-order valence-electron chi connectivity index (χ0n) is 13.2. The molecule has 2 rings (SSSR count). The third-order valence-corrected chi connectivity index (χ3v) is 3.31. The summed E-state index contributed by atoms with van der Waals surface area (Å²) in [5.74, 6) is 1.67. The van der Waals surface area contributed by atoms with Gasteiger partial charge in [0.2, 0.25) is 0 Å². The van der Waals surface area contributed by atoms with Crippen LogP contribution in [0.4, 0.5) is 0 Å². The summed E-state index contributed by atoms with van der Waals surface area (Å²) >= 11 is 0. The lowest BCUT2D eigenvalue weighted by atomic mass is 10.1. The number of unbranched alkanes of at least 4 members (excludes halogenated alkanes) is 1. The van der Waals surface area contributed by atoms with Gasteiger partial charge in [0.1, 0.15) is 17.2 Å². The lowest BCUT2D eigenvalue weighted by Crippen LogP contribution is -2.25. The van der Waals surface area contributed by atoms with Crippen molar-refractivity contribution in [3.8, 4) is 17.2 Å². The number of benzene rings is 2. The van der Waals surface area contributed by atoms with Gasteiger partial charge < -0.3 is 20.5 Å². The molecule has 5 nitrogen and oxygen atoms in total. The van der Waals surface area contributed by atoms with Crippen LogP contribution in [0, 0.1) is 0 Å². The molecule has 2 aromatic rings. The SMILES string of the molecule is COc1cc(Oc2ccccc2)ccc1C(=O)NCCCCN. The molecule has 0 bridgehead atoms. The van der Waals surface area contributed by atoms with Crippen molar-refractivity contribution in [1.29, 1.82) is 0 Å². The van der Waals surface area contributed by atoms with Crippen molar-refractivity contribution >= 4 is 5.91 Å². The Morgan fingerprint density at radius 3 is 2.57 bits per heavy atom. The molecular weight excluding hydrogens is 292 g/mol. The van der Waals surface area contributed by atoms with Crippen molar-refractivity contribution < 1.29 is 14.3 Å². The van der Waals surface area contributed by atoms with Crippen LogP contribution in [0.2, 0.25) is 0 Å². The van der Waals surface area contributed by atoms with Gasteiger partial charge in [0.15, 0.2) is 0 Å². The Morgan fingerprint density at radius 2 is 1.87 bits per heavy atom. The lowest BCUT2D eigenvalue weighted by Gasteiger charge is -2.12. The zero-order chi connectivity index (χ0) is 16.5. The van der Waals surface area contributed by atoms with E-state index in [1.54, 1.807) is 18.2 Å². The Balaban J connectivity index is 2.05. The molecule has 0 aliphatic carbocycles. The van der Waals surface area contributed by atoms with E-state index in [0.29, 0.717) is 30.2 Å². The molecule has 0 saturated heterocycles. The van der Waals surface area contributed by atoms with Crippen molar-refractivity contribution in [3.05, 3.63) is 54.1 Å². The number of amides is 1. The van der Waals surface area contributed by atoms with Crippen LogP contribution in [-0.2, 0) is 0 Å². The summed E-state index contributed by atoms with van der Waals surface area (Å²) in [7, 11) is 1.53. The molecule has 2 aromatic carbocycles. The average molecular weight is 314 g/mol. The van der Waals surface area contributed by atoms with Crippen molar-refractivity contribution in [1.82, 2.24) is 5.32 Å². The van der Waals surface area contributed by atoms with Crippen molar-refractivity contribution in [3.63, 3.8) is 0 Å². The second-order valence-electron chi connectivity index (χ2n) is 5.03. The molecule has 122 valence electrons. The van der Waals surface area contributed by atoms with Crippen molar-refractivity contribution in [2.75, 3.05) is 20.2 Å². The molecule has 0 aromatic heterocycles. The minimum Gasteiger partial charge on any atom is -0.496 e. The van der Waals surface area contributed by atoms with Crippen LogP contribution in [0.1, 0.15) is 23.2 Å². The maximum atomic E-state index is 12.2. The minimum absolute atomic E-state index is 0.162. The van der Waals surface area contributed by atoms with Gasteiger partial charge in [-0.2, -0.15) is 0 Å². The Hall–Kier alpha value is -2.53. The molecule has 1 amide bonds. The van der Waals surface area contributed by atoms with E-state index in [-0.39, 0.29) is 5.91 Å². The van der Waals surface area contributed by atoms with Crippen LogP contribution >= 0.6 is 0 Å². The molecule has 3 N–H and O–H groups in total. The number of carbonyl (C=O) groups excluding carboxylic acids is 1. The molecule has 0 saturated carbocycles. The van der Waals surface area contributed by atoms with Crippen molar-refractivity contribution in [2.45, 2.75) is 12.8 Å². The fraction of sp³-hybridized carbons (Fsp3) is 0.278. The van der Waals surface area contributed by atoms with E-state index in [1.807, 2.05) is 30.3 Å². The zero-order valence-corrected chi connectivity index (χ0v) is 13.2. The van der Waals surface area contributed by atoms with Crippen LogP contribution in [-0.4, -0.2) is 26.1 Å². The molecule has 0 heterocycles. The van der Waals surface area contributed by atoms with E-state index < -0.39 is 0 Å². The first-order valence-electron chi connectivity index (χ1n) is 7.64. The first-order valence-corrected chi connectivity index (χ1v) is 7.64. The molecule has 23 heavy (non-hydrogen) atoms. The number of hydrogen-bond donors (Lipinski definition) is 2. The van der Waals surface area contributed by atoms with Gasteiger partial charge in [-0.05, 0) is 43.7 Å². The van der Waals surface area contributed by atoms with Gasteiger partial charge in [-0.1, -0.05) is 18.2 Å². The number of hydrogen-bond acceptors (Lipinski definition) is 4. The highest BCUT2D eigenvalue weighted by atomic mass is 16.5. The molecule has 0 aliphatic heterocycles. The maximum Gasteiger partial charge on any atom is 0.255 e. The number of nitrogens with two attached hydrogens (primary N) is 1. The van der Waals surface area contributed by atoms with Crippen LogP contribution in [0.3, 0.4) is 0 Å². The van der Waals surface area contributed by atoms with E-state index >= 15 is 0 Å². The highest BCUT2D eigenvalue weighted by molar-refractivity contribution is 5.97. The smallest absolute Gasteiger partial charge is 0.255 e. The molecule has 0 spiro atoms. The van der Waals surface area contributed by atoms with Gasteiger partial charge in [0.05, 0.1) is 12.7 Å². The highest BCUT2D eigenvalue weighted by Crippen LogP contribution is 2.28. The predicted octanol–water partition coefficient (Wildman–Crippen LogP) is 2.96. The standard InChI is InChI=1S/C18H22N2O3/c1-22-17-13-15(23-14-7-3-2-4-8-14)9-10-16(17)18(21)20-12-6-5-11-19/h2-4,7-10,13H,5-6,11-12,19H2,1H3,(H,20,21). The third-order valence-electron chi connectivity index (χ3n) is 3.31. The van der Waals surface area contributed by atoms with E-state index in [9.17, 15) is 4.79 Å². The molecule has 0 atom stereocenters. The fourth-order valence-electron chi connectivity index (χ4n) is 2.11. The summed E-state index contributed by atoms with van der Waals surface area (Å²) in [5, 5.41) is 2.86. The monoisotopic (exact) mass is 314 g/mol. The van der Waals surface area contributed by atoms with Crippen molar-refractivity contribution in [2.24, 2.45) is 5.73 Å². The van der Waals surface area contributed by atoms with E-state index in [4.69, 9.17) is 15.2 Å². The lowest BCUT2D eigenvalue weighted by molar-refractivity contribution is 0.0950. The molecular formula is C18H22N2O3. The quantitative estimate of drug-likeness (QED) is 0.735. The Morgan fingerprint density at radius 1 is 1.09 bits per heavy atom. The molecule has 0 unspecified atom stereocenters. The predicted molar refractivity (Wildman–Crippen MR) is 90.1 cm³/mol. The summed E-state index contributed by atoms with van der Waals surface area (Å²) in [5.41, 5.74) is 5.92. The second-order valence-corrected chi connectivity index (χ2v) is 5.03. The van der Waals surface area contributed by atoms with Gasteiger partial charge in [0, 0.05) is 12.6 Å². The van der Waals surface area contributed by atoms with Gasteiger partial charge in [-0.15, -0.1) is 0 Å². The number of ether oxygens (including phenoxy) is 2. The Kier molecular flexibility index (Phi) is 6.44. The Bertz CT molecular complexity index is 629. The van der Waals surface area contributed by atoms with E-state index in [1.165, 1.54) is 7.11 Å². The summed E-state index contributed by atoms with van der Waals surface area (Å²) < 4.78 is 11.1. The van der Waals surface area contributed by atoms with Crippen LogP contribution in [0.5, 0.6) is 17.2 Å². The summed E-state index contributed by atoms with van der Waals surface area (Å²) in [6.07, 6.45) is 1.75. The number of nitrogens with one attached hydrogen (secondary N) is 1. The second kappa shape index (κ2) is 8.80. The molecule has 5 heteroatoms. The first kappa shape index (κ1) is 16.8. The topological polar surface area (TPSA) is 73.6 Å². The number of para-hydroxylation sites is 1. The normalized spacial score (nSPS) is 10.2. The molecule has 0 radical (unpaired) electrons. The van der Waals surface area contributed by atoms with Gasteiger partial charge in [-0.25, -0.2) is 0 Å². The maximum absolute atomic E-state index is 12.2. The molecule has 0 aliphatic rings. The minimum atomic E-state index is -0.162. The Labute approximate surface area is 136 Å².